The van der Waals surface area contributed by atoms with Gasteiger partial charge in [0.2, 0.25) is 0 Å². The van der Waals surface area contributed by atoms with Crippen molar-refractivity contribution in [2.75, 3.05) is 0 Å². The van der Waals surface area contributed by atoms with Crippen LogP contribution in [-0.2, 0) is 6.54 Å². The highest BCUT2D eigenvalue weighted by Crippen LogP contribution is 2.22. The Balaban J connectivity index is 2.12. The number of benzene rings is 2. The quantitative estimate of drug-likeness (QED) is 0.755. The SMILES string of the molecule is O=c1[nH]c2cccc(O)c2n1Cc1ccc(Cl)cc1. The van der Waals surface area contributed by atoms with E-state index in [1.807, 2.05) is 12.1 Å². The summed E-state index contributed by atoms with van der Waals surface area (Å²) in [4.78, 5) is 14.7. The summed E-state index contributed by atoms with van der Waals surface area (Å²) in [7, 11) is 0. The van der Waals surface area contributed by atoms with Crippen LogP contribution in [0.5, 0.6) is 5.75 Å². The van der Waals surface area contributed by atoms with E-state index < -0.39 is 0 Å². The van der Waals surface area contributed by atoms with E-state index in [1.165, 1.54) is 4.57 Å². The number of halogens is 1. The third-order valence-corrected chi connectivity index (χ3v) is 3.28. The van der Waals surface area contributed by atoms with E-state index in [1.54, 1.807) is 30.3 Å². The van der Waals surface area contributed by atoms with E-state index in [2.05, 4.69) is 4.98 Å². The van der Waals surface area contributed by atoms with Gasteiger partial charge in [0.25, 0.3) is 0 Å². The van der Waals surface area contributed by atoms with Crippen molar-refractivity contribution >= 4 is 22.6 Å². The first-order valence-electron chi connectivity index (χ1n) is 5.80. The minimum atomic E-state index is -0.244. The lowest BCUT2D eigenvalue weighted by atomic mass is 10.2. The third-order valence-electron chi connectivity index (χ3n) is 3.03. The van der Waals surface area contributed by atoms with E-state index in [0.717, 1.165) is 5.56 Å². The van der Waals surface area contributed by atoms with Crippen molar-refractivity contribution < 1.29 is 5.11 Å². The number of rotatable bonds is 2. The van der Waals surface area contributed by atoms with Gasteiger partial charge in [0.15, 0.2) is 0 Å². The first-order valence-corrected chi connectivity index (χ1v) is 6.18. The van der Waals surface area contributed by atoms with Gasteiger partial charge in [-0.25, -0.2) is 4.79 Å². The molecule has 0 aliphatic heterocycles. The van der Waals surface area contributed by atoms with Crippen LogP contribution in [0.25, 0.3) is 11.0 Å². The van der Waals surface area contributed by atoms with Crippen LogP contribution in [0.2, 0.25) is 5.02 Å². The van der Waals surface area contributed by atoms with Crippen LogP contribution in [0.3, 0.4) is 0 Å². The average molecular weight is 275 g/mol. The molecule has 0 bridgehead atoms. The molecule has 96 valence electrons. The minimum Gasteiger partial charge on any atom is -0.506 e. The standard InChI is InChI=1S/C14H11ClN2O2/c15-10-6-4-9(5-7-10)8-17-13-11(16-14(17)19)2-1-3-12(13)18/h1-7,18H,8H2,(H,16,19). The fourth-order valence-electron chi connectivity index (χ4n) is 2.12. The zero-order valence-corrected chi connectivity index (χ0v) is 10.7. The van der Waals surface area contributed by atoms with Gasteiger partial charge in [0.05, 0.1) is 12.1 Å². The Bertz CT molecular complexity index is 787. The van der Waals surface area contributed by atoms with Crippen molar-refractivity contribution in [3.05, 3.63) is 63.5 Å². The summed E-state index contributed by atoms with van der Waals surface area (Å²) >= 11 is 5.83. The summed E-state index contributed by atoms with van der Waals surface area (Å²) in [5.74, 6) is 0.0878. The number of H-pyrrole nitrogens is 1. The molecular weight excluding hydrogens is 264 g/mol. The van der Waals surface area contributed by atoms with Gasteiger partial charge in [0.1, 0.15) is 11.3 Å². The summed E-state index contributed by atoms with van der Waals surface area (Å²) in [5, 5.41) is 10.5. The molecule has 3 aromatic rings. The molecule has 0 saturated carbocycles. The van der Waals surface area contributed by atoms with Crippen LogP contribution in [0, 0.1) is 0 Å². The molecule has 0 radical (unpaired) electrons. The van der Waals surface area contributed by atoms with Crippen LogP contribution in [0.1, 0.15) is 5.56 Å². The Labute approximate surface area is 113 Å². The minimum absolute atomic E-state index is 0.0878. The second-order valence-corrected chi connectivity index (χ2v) is 4.75. The van der Waals surface area contributed by atoms with Crippen molar-refractivity contribution in [2.45, 2.75) is 6.54 Å². The number of nitrogens with one attached hydrogen (secondary N) is 1. The first kappa shape index (κ1) is 11.9. The Morgan fingerprint density at radius 1 is 1.16 bits per heavy atom. The van der Waals surface area contributed by atoms with Gasteiger partial charge in [-0.2, -0.15) is 0 Å². The number of aromatic nitrogens is 2. The van der Waals surface area contributed by atoms with Crippen LogP contribution in [0.15, 0.2) is 47.3 Å². The van der Waals surface area contributed by atoms with Gasteiger partial charge in [-0.15, -0.1) is 0 Å². The fraction of sp³-hybridized carbons (Fsp3) is 0.0714. The van der Waals surface area contributed by atoms with Crippen molar-refractivity contribution in [3.8, 4) is 5.75 Å². The predicted octanol–water partition coefficient (Wildman–Crippen LogP) is 2.74. The van der Waals surface area contributed by atoms with Gasteiger partial charge in [-0.05, 0) is 29.8 Å². The Hall–Kier alpha value is -2.20. The number of hydrogen-bond acceptors (Lipinski definition) is 2. The monoisotopic (exact) mass is 274 g/mol. The molecule has 2 aromatic carbocycles. The van der Waals surface area contributed by atoms with Crippen molar-refractivity contribution in [2.24, 2.45) is 0 Å². The normalized spacial score (nSPS) is 11.0. The molecule has 0 amide bonds. The number of phenolic OH excluding ortho intramolecular Hbond substituents is 1. The van der Waals surface area contributed by atoms with Crippen LogP contribution < -0.4 is 5.69 Å². The Morgan fingerprint density at radius 2 is 1.89 bits per heavy atom. The van der Waals surface area contributed by atoms with Gasteiger partial charge < -0.3 is 10.1 Å². The average Bonchev–Trinajstić information content (AvgIpc) is 2.70. The zero-order valence-electron chi connectivity index (χ0n) is 9.93. The second kappa shape index (κ2) is 4.48. The largest absolute Gasteiger partial charge is 0.506 e. The summed E-state index contributed by atoms with van der Waals surface area (Å²) < 4.78 is 1.51. The fourth-order valence-corrected chi connectivity index (χ4v) is 2.25. The van der Waals surface area contributed by atoms with E-state index in [9.17, 15) is 9.90 Å². The van der Waals surface area contributed by atoms with E-state index >= 15 is 0 Å². The zero-order chi connectivity index (χ0) is 13.4. The highest BCUT2D eigenvalue weighted by molar-refractivity contribution is 6.30. The molecule has 0 unspecified atom stereocenters. The maximum absolute atomic E-state index is 11.9. The van der Waals surface area contributed by atoms with Crippen LogP contribution in [-0.4, -0.2) is 14.7 Å². The molecule has 0 spiro atoms. The van der Waals surface area contributed by atoms with Crippen LogP contribution in [0.4, 0.5) is 0 Å². The Kier molecular flexibility index (Phi) is 2.80. The summed E-state index contributed by atoms with van der Waals surface area (Å²) in [6.07, 6.45) is 0. The summed E-state index contributed by atoms with van der Waals surface area (Å²) in [5.41, 5.74) is 1.84. The molecule has 3 rings (SSSR count). The lowest BCUT2D eigenvalue weighted by Crippen LogP contribution is -2.17. The number of aromatic hydroxyl groups is 1. The van der Waals surface area contributed by atoms with E-state index in [-0.39, 0.29) is 11.4 Å². The van der Waals surface area contributed by atoms with E-state index in [4.69, 9.17) is 11.6 Å². The molecule has 5 heteroatoms. The smallest absolute Gasteiger partial charge is 0.326 e. The van der Waals surface area contributed by atoms with Gasteiger partial charge in [-0.1, -0.05) is 29.8 Å². The number of aromatic amines is 1. The van der Waals surface area contributed by atoms with Crippen LogP contribution >= 0.6 is 11.6 Å². The maximum atomic E-state index is 11.9. The third kappa shape index (κ3) is 2.11. The van der Waals surface area contributed by atoms with Gasteiger partial charge in [0, 0.05) is 5.02 Å². The highest BCUT2D eigenvalue weighted by atomic mass is 35.5. The molecular formula is C14H11ClN2O2. The summed E-state index contributed by atoms with van der Waals surface area (Å²) in [6.45, 7) is 0.383. The first-order chi connectivity index (χ1) is 9.15. The lowest BCUT2D eigenvalue weighted by molar-refractivity contribution is 0.478. The predicted molar refractivity (Wildman–Crippen MR) is 74.8 cm³/mol. The number of para-hydroxylation sites is 1. The molecule has 0 aliphatic rings. The topological polar surface area (TPSA) is 58.0 Å². The maximum Gasteiger partial charge on any atom is 0.326 e. The van der Waals surface area contributed by atoms with E-state index in [0.29, 0.717) is 22.6 Å². The molecule has 19 heavy (non-hydrogen) atoms. The van der Waals surface area contributed by atoms with Crippen molar-refractivity contribution in [3.63, 3.8) is 0 Å². The van der Waals surface area contributed by atoms with Crippen molar-refractivity contribution in [1.29, 1.82) is 0 Å². The van der Waals surface area contributed by atoms with Gasteiger partial charge in [-0.3, -0.25) is 4.57 Å². The number of nitrogens with zero attached hydrogens (tertiary/aromatic N) is 1. The lowest BCUT2D eigenvalue weighted by Gasteiger charge is -2.05. The number of imidazole rings is 1. The van der Waals surface area contributed by atoms with Crippen molar-refractivity contribution in [1.82, 2.24) is 9.55 Å². The Morgan fingerprint density at radius 3 is 2.63 bits per heavy atom. The molecule has 1 heterocycles. The molecule has 1 aromatic heterocycles. The molecule has 2 N–H and O–H groups in total. The highest BCUT2D eigenvalue weighted by Gasteiger charge is 2.10. The number of phenols is 1. The second-order valence-electron chi connectivity index (χ2n) is 4.32. The molecule has 0 fully saturated rings. The number of hydrogen-bond donors (Lipinski definition) is 2. The molecule has 0 aliphatic carbocycles. The summed E-state index contributed by atoms with van der Waals surface area (Å²) in [6, 6.07) is 12.3. The number of fused-ring (bicyclic) bond motifs is 1. The van der Waals surface area contributed by atoms with Gasteiger partial charge >= 0.3 is 5.69 Å². The molecule has 4 nitrogen and oxygen atoms in total. The molecule has 0 atom stereocenters. The molecule has 0 saturated heterocycles.